The summed E-state index contributed by atoms with van der Waals surface area (Å²) >= 11 is 0. The van der Waals surface area contributed by atoms with Gasteiger partial charge in [0.15, 0.2) is 0 Å². The lowest BCUT2D eigenvalue weighted by Gasteiger charge is -2.16. The van der Waals surface area contributed by atoms with Crippen molar-refractivity contribution in [2.45, 2.75) is 38.1 Å². The number of hydrogen-bond acceptors (Lipinski definition) is 4. The third-order valence-electron chi connectivity index (χ3n) is 4.30. The number of nitrogens with one attached hydrogen (secondary N) is 3. The third kappa shape index (κ3) is 6.32. The number of esters is 1. The minimum atomic E-state index is -0.738. The van der Waals surface area contributed by atoms with E-state index in [-0.39, 0.29) is 5.91 Å². The number of carbonyl (C=O) groups is 3. The topological polar surface area (TPSA) is 126 Å². The van der Waals surface area contributed by atoms with Gasteiger partial charge in [-0.2, -0.15) is 0 Å². The largest absolute Gasteiger partial charge is 0.467 e. The van der Waals surface area contributed by atoms with E-state index in [0.29, 0.717) is 25.8 Å². The molecule has 0 aliphatic carbocycles. The van der Waals surface area contributed by atoms with E-state index in [1.807, 2.05) is 30.5 Å². The average molecular weight is 374 g/mol. The number of carbonyl (C=O) groups excluding carboxylic acids is 3. The van der Waals surface area contributed by atoms with Crippen LogP contribution in [-0.4, -0.2) is 42.6 Å². The number of rotatable bonds is 10. The van der Waals surface area contributed by atoms with Crippen molar-refractivity contribution in [3.63, 3.8) is 0 Å². The van der Waals surface area contributed by atoms with Crippen LogP contribution in [0.3, 0.4) is 0 Å². The molecule has 8 heteroatoms. The van der Waals surface area contributed by atoms with Crippen LogP contribution in [-0.2, 0) is 20.7 Å². The van der Waals surface area contributed by atoms with Crippen LogP contribution >= 0.6 is 0 Å². The van der Waals surface area contributed by atoms with Gasteiger partial charge in [-0.3, -0.25) is 4.79 Å². The number of amides is 3. The molecule has 0 saturated carbocycles. The molecule has 1 aromatic heterocycles. The Morgan fingerprint density at radius 3 is 2.70 bits per heavy atom. The Morgan fingerprint density at radius 2 is 1.96 bits per heavy atom. The molecule has 0 spiro atoms. The molecule has 2 rings (SSSR count). The molecule has 1 atom stereocenters. The maximum atomic E-state index is 12.2. The molecule has 5 N–H and O–H groups in total. The van der Waals surface area contributed by atoms with Crippen molar-refractivity contribution in [3.05, 3.63) is 36.0 Å². The van der Waals surface area contributed by atoms with E-state index in [1.54, 1.807) is 0 Å². The van der Waals surface area contributed by atoms with E-state index < -0.39 is 18.0 Å². The summed E-state index contributed by atoms with van der Waals surface area (Å²) in [5.74, 6) is -0.674. The minimum Gasteiger partial charge on any atom is -0.467 e. The fraction of sp³-hybridized carbons (Fsp3) is 0.421. The Labute approximate surface area is 157 Å². The highest BCUT2D eigenvalue weighted by Crippen LogP contribution is 2.19. The van der Waals surface area contributed by atoms with Crippen LogP contribution in [0.15, 0.2) is 30.5 Å². The first kappa shape index (κ1) is 20.3. The van der Waals surface area contributed by atoms with Crippen LogP contribution in [0.4, 0.5) is 4.79 Å². The Bertz CT molecular complexity index is 787. The second kappa shape index (κ2) is 10.2. The number of primary amides is 1. The normalized spacial score (nSPS) is 11.7. The molecule has 0 aliphatic heterocycles. The maximum Gasteiger partial charge on any atom is 0.328 e. The van der Waals surface area contributed by atoms with Crippen molar-refractivity contribution >= 4 is 28.8 Å². The van der Waals surface area contributed by atoms with Crippen LogP contribution in [0.2, 0.25) is 0 Å². The van der Waals surface area contributed by atoms with Gasteiger partial charge in [-0.25, -0.2) is 9.59 Å². The fourth-order valence-electron chi connectivity index (χ4n) is 2.92. The predicted molar refractivity (Wildman–Crippen MR) is 102 cm³/mol. The zero-order valence-electron chi connectivity index (χ0n) is 15.4. The molecule has 1 unspecified atom stereocenters. The van der Waals surface area contributed by atoms with Crippen molar-refractivity contribution in [2.75, 3.05) is 13.7 Å². The summed E-state index contributed by atoms with van der Waals surface area (Å²) < 4.78 is 4.84. The zero-order chi connectivity index (χ0) is 19.6. The minimum absolute atomic E-state index is 0.201. The summed E-state index contributed by atoms with van der Waals surface area (Å²) in [5, 5.41) is 6.28. The summed E-state index contributed by atoms with van der Waals surface area (Å²) in [6, 6.07) is 6.50. The van der Waals surface area contributed by atoms with Crippen molar-refractivity contribution in [1.82, 2.24) is 15.6 Å². The van der Waals surface area contributed by atoms with E-state index in [2.05, 4.69) is 15.6 Å². The van der Waals surface area contributed by atoms with Gasteiger partial charge in [-0.15, -0.1) is 0 Å². The fourth-order valence-corrected chi connectivity index (χ4v) is 2.92. The Morgan fingerprint density at radius 1 is 1.19 bits per heavy atom. The van der Waals surface area contributed by atoms with E-state index in [0.717, 1.165) is 29.3 Å². The molecule has 3 amide bonds. The summed E-state index contributed by atoms with van der Waals surface area (Å²) in [6.45, 7) is 0.488. The highest BCUT2D eigenvalue weighted by molar-refractivity contribution is 5.87. The van der Waals surface area contributed by atoms with Gasteiger partial charge in [0.05, 0.1) is 7.11 Å². The van der Waals surface area contributed by atoms with Gasteiger partial charge in [-0.1, -0.05) is 24.6 Å². The number of urea groups is 1. The van der Waals surface area contributed by atoms with Gasteiger partial charge in [0.2, 0.25) is 5.91 Å². The molecular formula is C19H26N4O4. The second-order valence-corrected chi connectivity index (χ2v) is 6.31. The molecule has 8 nitrogen and oxygen atoms in total. The summed E-state index contributed by atoms with van der Waals surface area (Å²) in [4.78, 5) is 38.0. The lowest BCUT2D eigenvalue weighted by Crippen LogP contribution is -2.43. The third-order valence-corrected chi connectivity index (χ3v) is 4.30. The number of para-hydroxylation sites is 1. The summed E-state index contributed by atoms with van der Waals surface area (Å²) in [5.41, 5.74) is 6.90. The second-order valence-electron chi connectivity index (χ2n) is 6.31. The zero-order valence-corrected chi connectivity index (χ0v) is 15.4. The first-order valence-corrected chi connectivity index (χ1v) is 8.96. The van der Waals surface area contributed by atoms with E-state index in [9.17, 15) is 14.4 Å². The molecule has 0 radical (unpaired) electrons. The highest BCUT2D eigenvalue weighted by atomic mass is 16.5. The van der Waals surface area contributed by atoms with Gasteiger partial charge in [0.25, 0.3) is 0 Å². The number of H-pyrrole nitrogens is 1. The molecule has 146 valence electrons. The van der Waals surface area contributed by atoms with Crippen LogP contribution in [0.25, 0.3) is 10.9 Å². The first-order valence-electron chi connectivity index (χ1n) is 8.96. The van der Waals surface area contributed by atoms with Crippen molar-refractivity contribution < 1.29 is 19.1 Å². The first-order chi connectivity index (χ1) is 13.0. The number of aromatic nitrogens is 1. The van der Waals surface area contributed by atoms with Crippen molar-refractivity contribution in [2.24, 2.45) is 5.73 Å². The number of benzene rings is 1. The molecule has 1 heterocycles. The Hall–Kier alpha value is -3.03. The molecule has 0 fully saturated rings. The number of aromatic amines is 1. The SMILES string of the molecule is COC(=O)C(Cc1c[nH]c2ccccc12)NC(=O)CCCCCNC(N)=O. The molecule has 27 heavy (non-hydrogen) atoms. The van der Waals surface area contributed by atoms with Crippen molar-refractivity contribution in [1.29, 1.82) is 0 Å². The van der Waals surface area contributed by atoms with Gasteiger partial charge in [0, 0.05) is 36.5 Å². The average Bonchev–Trinajstić information content (AvgIpc) is 3.06. The number of unbranched alkanes of at least 4 members (excludes halogenated alkanes) is 2. The summed E-state index contributed by atoms with van der Waals surface area (Å²) in [6.07, 6.45) is 4.68. The molecular weight excluding hydrogens is 348 g/mol. The van der Waals surface area contributed by atoms with Crippen molar-refractivity contribution in [3.8, 4) is 0 Å². The molecule has 1 aromatic carbocycles. The van der Waals surface area contributed by atoms with E-state index in [4.69, 9.17) is 10.5 Å². The van der Waals surface area contributed by atoms with Crippen LogP contribution in [0.5, 0.6) is 0 Å². The van der Waals surface area contributed by atoms with E-state index in [1.165, 1.54) is 7.11 Å². The van der Waals surface area contributed by atoms with Gasteiger partial charge in [-0.05, 0) is 24.5 Å². The lowest BCUT2D eigenvalue weighted by molar-refractivity contribution is -0.145. The predicted octanol–water partition coefficient (Wildman–Crippen LogP) is 1.60. The standard InChI is InChI=1S/C19H26N4O4/c1-27-18(25)16(11-13-12-22-15-8-5-4-7-14(13)15)23-17(24)9-3-2-6-10-21-19(20)26/h4-5,7-8,12,16,22H,2-3,6,9-11H2,1H3,(H,23,24)(H3,20,21,26). The quantitative estimate of drug-likeness (QED) is 0.372. The van der Waals surface area contributed by atoms with Crippen LogP contribution in [0.1, 0.15) is 31.2 Å². The van der Waals surface area contributed by atoms with Gasteiger partial charge in [0.1, 0.15) is 6.04 Å². The lowest BCUT2D eigenvalue weighted by atomic mass is 10.0. The van der Waals surface area contributed by atoms with Crippen LogP contribution < -0.4 is 16.4 Å². The highest BCUT2D eigenvalue weighted by Gasteiger charge is 2.23. The monoisotopic (exact) mass is 374 g/mol. The molecule has 0 saturated heterocycles. The van der Waals surface area contributed by atoms with E-state index >= 15 is 0 Å². The van der Waals surface area contributed by atoms with Crippen LogP contribution in [0, 0.1) is 0 Å². The van der Waals surface area contributed by atoms with Gasteiger partial charge >= 0.3 is 12.0 Å². The molecule has 2 aromatic rings. The molecule has 0 aliphatic rings. The smallest absolute Gasteiger partial charge is 0.328 e. The number of hydrogen-bond donors (Lipinski definition) is 4. The maximum absolute atomic E-state index is 12.2. The number of fused-ring (bicyclic) bond motifs is 1. The van der Waals surface area contributed by atoms with Gasteiger partial charge < -0.3 is 26.1 Å². The number of methoxy groups -OCH3 is 1. The Balaban J connectivity index is 1.86. The summed E-state index contributed by atoms with van der Waals surface area (Å²) in [7, 11) is 1.31. The number of ether oxygens (including phenoxy) is 1. The molecule has 0 bridgehead atoms. The number of nitrogens with two attached hydrogens (primary N) is 1. The Kier molecular flexibility index (Phi) is 7.66.